The molecule has 0 unspecified atom stereocenters. The second-order valence-electron chi connectivity index (χ2n) is 12.9. The second kappa shape index (κ2) is 10.0. The number of carbonyl (C=O) groups is 1. The van der Waals surface area contributed by atoms with Crippen molar-refractivity contribution in [2.75, 3.05) is 37.4 Å². The van der Waals surface area contributed by atoms with Crippen molar-refractivity contribution >= 4 is 49.4 Å². The molecule has 3 aromatic heterocycles. The van der Waals surface area contributed by atoms with Crippen molar-refractivity contribution in [3.05, 3.63) is 40.7 Å². The highest BCUT2D eigenvalue weighted by Gasteiger charge is 2.55. The van der Waals surface area contributed by atoms with Crippen LogP contribution in [0.5, 0.6) is 0 Å². The van der Waals surface area contributed by atoms with E-state index in [1.165, 1.54) is 12.8 Å². The minimum absolute atomic E-state index is 0.0325. The van der Waals surface area contributed by atoms with E-state index in [0.717, 1.165) is 36.2 Å². The summed E-state index contributed by atoms with van der Waals surface area (Å²) in [4.78, 5) is 30.5. The van der Waals surface area contributed by atoms with Gasteiger partial charge in [0.05, 0.1) is 35.4 Å². The molecular weight excluding hydrogens is 588 g/mol. The maximum atomic E-state index is 16.8. The number of benzene rings is 1. The molecular formula is C31H31F2N7O3S. The predicted molar refractivity (Wildman–Crippen MR) is 162 cm³/mol. The van der Waals surface area contributed by atoms with Gasteiger partial charge in [-0.25, -0.2) is 23.5 Å². The number of nitrogens with zero attached hydrogens (tertiary/aromatic N) is 6. The molecule has 0 bridgehead atoms. The molecule has 2 fully saturated rings. The number of carbonyl (C=O) groups excluding carboxylic acids is 1. The molecule has 1 amide bonds. The Bertz CT molecular complexity index is 1900. The topological polar surface area (TPSA) is 116 Å². The molecule has 1 saturated carbocycles. The molecule has 5 heterocycles. The quantitative estimate of drug-likeness (QED) is 0.289. The van der Waals surface area contributed by atoms with Gasteiger partial charge in [0.2, 0.25) is 5.95 Å². The van der Waals surface area contributed by atoms with E-state index in [-0.39, 0.29) is 56.2 Å². The van der Waals surface area contributed by atoms with Crippen LogP contribution in [0.25, 0.3) is 32.2 Å². The number of fused-ring (bicyclic) bond motifs is 4. The first-order chi connectivity index (χ1) is 20.9. The van der Waals surface area contributed by atoms with E-state index < -0.39 is 23.3 Å². The van der Waals surface area contributed by atoms with Gasteiger partial charge in [-0.15, -0.1) is 11.3 Å². The summed E-state index contributed by atoms with van der Waals surface area (Å²) in [7, 11) is 4.23. The number of hydrogen-bond acceptors (Lipinski definition) is 10. The number of hydrogen-bond donors (Lipinski definition) is 1. The van der Waals surface area contributed by atoms with E-state index in [9.17, 15) is 10.1 Å². The van der Waals surface area contributed by atoms with E-state index in [0.29, 0.717) is 22.8 Å². The number of thiophene rings is 1. The number of aromatic nitrogens is 3. The molecule has 1 aromatic carbocycles. The Labute approximate surface area is 256 Å². The zero-order valence-electron chi connectivity index (χ0n) is 25.0. The number of ether oxygens (including phenoxy) is 2. The van der Waals surface area contributed by atoms with Gasteiger partial charge in [-0.2, -0.15) is 5.26 Å². The average Bonchev–Trinajstić information content (AvgIpc) is 3.43. The fourth-order valence-corrected chi connectivity index (χ4v) is 7.52. The van der Waals surface area contributed by atoms with E-state index >= 15 is 8.78 Å². The van der Waals surface area contributed by atoms with Crippen molar-refractivity contribution in [3.8, 4) is 17.3 Å². The number of halogens is 2. The van der Waals surface area contributed by atoms with E-state index in [4.69, 9.17) is 14.5 Å². The monoisotopic (exact) mass is 619 g/mol. The Balaban J connectivity index is 1.34. The number of rotatable bonds is 5. The second-order valence-corrected chi connectivity index (χ2v) is 13.9. The van der Waals surface area contributed by atoms with Gasteiger partial charge in [-0.05, 0) is 58.8 Å². The van der Waals surface area contributed by atoms with Gasteiger partial charge in [0.15, 0.2) is 11.6 Å². The molecule has 1 saturated heterocycles. The third kappa shape index (κ3) is 4.46. The molecule has 1 aliphatic carbocycles. The van der Waals surface area contributed by atoms with E-state index in [1.807, 2.05) is 0 Å². The maximum absolute atomic E-state index is 16.8. The first-order valence-electron chi connectivity index (χ1n) is 14.4. The summed E-state index contributed by atoms with van der Waals surface area (Å²) in [5, 5.41) is 13.5. The van der Waals surface area contributed by atoms with Gasteiger partial charge < -0.3 is 19.3 Å². The summed E-state index contributed by atoms with van der Waals surface area (Å²) in [6, 6.07) is 2.06. The molecule has 228 valence electrons. The Morgan fingerprint density at radius 1 is 1.20 bits per heavy atom. The molecule has 4 aromatic rings. The number of anilines is 2. The maximum Gasteiger partial charge on any atom is 0.412 e. The van der Waals surface area contributed by atoms with Gasteiger partial charge in [0, 0.05) is 47.1 Å². The molecule has 7 rings (SSSR count). The number of amides is 1. The van der Waals surface area contributed by atoms with Gasteiger partial charge in [0.1, 0.15) is 22.2 Å². The zero-order valence-corrected chi connectivity index (χ0v) is 25.9. The molecule has 0 radical (unpaired) electrons. The van der Waals surface area contributed by atoms with Crippen molar-refractivity contribution in [1.82, 2.24) is 19.9 Å². The first-order valence-corrected chi connectivity index (χ1v) is 15.2. The van der Waals surface area contributed by atoms with Crippen molar-refractivity contribution in [3.63, 3.8) is 0 Å². The summed E-state index contributed by atoms with van der Waals surface area (Å²) in [6.45, 7) is 7.04. The van der Waals surface area contributed by atoms with Crippen molar-refractivity contribution in [2.24, 2.45) is 5.92 Å². The minimum Gasteiger partial charge on any atom is -0.444 e. The number of nitriles is 1. The van der Waals surface area contributed by atoms with E-state index in [2.05, 4.69) is 45.2 Å². The minimum atomic E-state index is -0.794. The van der Waals surface area contributed by atoms with Crippen LogP contribution in [0.4, 0.5) is 24.5 Å². The summed E-state index contributed by atoms with van der Waals surface area (Å²) in [5.74, 6) is -0.399. The lowest BCUT2D eigenvalue weighted by molar-refractivity contribution is 0.0636. The third-order valence-electron chi connectivity index (χ3n) is 8.90. The van der Waals surface area contributed by atoms with Crippen molar-refractivity contribution in [2.45, 2.75) is 58.0 Å². The summed E-state index contributed by atoms with van der Waals surface area (Å²) in [5.41, 5.74) is 0.982. The van der Waals surface area contributed by atoms with Crippen LogP contribution in [0.3, 0.4) is 0 Å². The third-order valence-corrected chi connectivity index (χ3v) is 10.0. The number of pyridine rings is 1. The van der Waals surface area contributed by atoms with Gasteiger partial charge >= 0.3 is 6.09 Å². The summed E-state index contributed by atoms with van der Waals surface area (Å²) >= 11 is 0.868. The average molecular weight is 620 g/mol. The van der Waals surface area contributed by atoms with Crippen LogP contribution in [0.15, 0.2) is 12.4 Å². The first kappa shape index (κ1) is 28.8. The Kier molecular flexibility index (Phi) is 6.55. The van der Waals surface area contributed by atoms with Gasteiger partial charge in [-0.3, -0.25) is 10.3 Å². The van der Waals surface area contributed by atoms with Crippen LogP contribution in [0, 0.1) is 28.9 Å². The SMILES string of the molecule is CN(C)C1(C2CN(c3ncc4c5c(c(-c6ncc(F)c7sc(NC(=O)OC(C)(C)C)c(C#N)c67)c(F)c4n3)COC5)C2)CC1. The smallest absolute Gasteiger partial charge is 0.412 e. The molecule has 2 aliphatic heterocycles. The standard InChI is InChI=1S/C31H31F2N7O3S/c1-30(2,3)43-29(41)38-27-16(8-34)22-25(35-10-20(32)26(22)44-27)21-19-14-42-13-18(19)17-9-36-28(37-24(17)23(21)33)40-11-15(12-40)31(6-7-31)39(4)5/h9-10,15H,6-7,11-14H2,1-5H3,(H,38,41). The Morgan fingerprint density at radius 3 is 2.59 bits per heavy atom. The highest BCUT2D eigenvalue weighted by Crippen LogP contribution is 2.50. The molecule has 0 spiro atoms. The van der Waals surface area contributed by atoms with Crippen LogP contribution in [0.1, 0.15) is 50.3 Å². The van der Waals surface area contributed by atoms with E-state index in [1.54, 1.807) is 27.0 Å². The Hall–Kier alpha value is -3.99. The number of nitrogens with one attached hydrogen (secondary N) is 1. The lowest BCUT2D eigenvalue weighted by Gasteiger charge is -2.46. The largest absolute Gasteiger partial charge is 0.444 e. The van der Waals surface area contributed by atoms with Crippen molar-refractivity contribution < 1.29 is 23.0 Å². The van der Waals surface area contributed by atoms with Crippen LogP contribution in [-0.2, 0) is 22.7 Å². The highest BCUT2D eigenvalue weighted by molar-refractivity contribution is 7.23. The molecule has 10 nitrogen and oxygen atoms in total. The predicted octanol–water partition coefficient (Wildman–Crippen LogP) is 5.96. The fraction of sp³-hybridized carbons (Fsp3) is 0.452. The molecule has 1 N–H and O–H groups in total. The molecule has 3 aliphatic rings. The lowest BCUT2D eigenvalue weighted by Crippen LogP contribution is -2.57. The zero-order chi connectivity index (χ0) is 31.1. The van der Waals surface area contributed by atoms with Crippen LogP contribution < -0.4 is 10.2 Å². The Morgan fingerprint density at radius 2 is 1.93 bits per heavy atom. The van der Waals surface area contributed by atoms with Crippen molar-refractivity contribution in [1.29, 1.82) is 5.26 Å². The van der Waals surface area contributed by atoms with Gasteiger partial charge in [0.25, 0.3) is 0 Å². The molecule has 13 heteroatoms. The molecule has 0 atom stereocenters. The van der Waals surface area contributed by atoms with Crippen LogP contribution >= 0.6 is 11.3 Å². The molecule has 44 heavy (non-hydrogen) atoms. The normalized spacial score (nSPS) is 17.6. The summed E-state index contributed by atoms with van der Waals surface area (Å²) < 4.78 is 43.1. The summed E-state index contributed by atoms with van der Waals surface area (Å²) in [6.07, 6.45) is 4.19. The fourth-order valence-electron chi connectivity index (χ4n) is 6.48. The lowest BCUT2D eigenvalue weighted by atomic mass is 9.88. The van der Waals surface area contributed by atoms with Crippen LogP contribution in [0.2, 0.25) is 0 Å². The van der Waals surface area contributed by atoms with Crippen LogP contribution in [-0.4, -0.2) is 64.3 Å². The highest BCUT2D eigenvalue weighted by atomic mass is 32.1. The van der Waals surface area contributed by atoms with Gasteiger partial charge in [-0.1, -0.05) is 0 Å².